The van der Waals surface area contributed by atoms with E-state index in [0.717, 1.165) is 29.1 Å². The Kier molecular flexibility index (Phi) is 8.87. The van der Waals surface area contributed by atoms with E-state index in [4.69, 9.17) is 10.5 Å². The smallest absolute Gasteiger partial charge is 0.416 e. The van der Waals surface area contributed by atoms with Gasteiger partial charge in [0.05, 0.1) is 11.7 Å². The molecule has 0 spiro atoms. The van der Waals surface area contributed by atoms with Gasteiger partial charge in [-0.15, -0.1) is 24.0 Å². The third kappa shape index (κ3) is 8.06. The quantitative estimate of drug-likeness (QED) is 0.335. The van der Waals surface area contributed by atoms with Crippen LogP contribution in [0.25, 0.3) is 0 Å². The summed E-state index contributed by atoms with van der Waals surface area (Å²) in [6.45, 7) is 4.28. The standard InChI is InChI=1S/C19H22F3N3O.HI/c1-13(2)26-17-9-7-16(8-10-17)25-18(23)24-12-11-14-3-5-15(6-4-14)19(20,21)22;/h3-10,13H,11-12H2,1-2H3,(H3,23,24,25);1H. The molecule has 0 atom stereocenters. The SMILES string of the molecule is CC(C)Oc1ccc(NC(N)=NCCc2ccc(C(F)(F)F)cc2)cc1.I. The molecule has 0 unspecified atom stereocenters. The van der Waals surface area contributed by atoms with E-state index in [9.17, 15) is 13.2 Å². The van der Waals surface area contributed by atoms with Crippen molar-refractivity contribution in [2.45, 2.75) is 32.5 Å². The fourth-order valence-corrected chi connectivity index (χ4v) is 2.24. The number of nitrogens with zero attached hydrogens (tertiary/aromatic N) is 1. The summed E-state index contributed by atoms with van der Waals surface area (Å²) in [6, 6.07) is 12.4. The van der Waals surface area contributed by atoms with Gasteiger partial charge in [0.15, 0.2) is 5.96 Å². The van der Waals surface area contributed by atoms with Crippen LogP contribution in [0.4, 0.5) is 18.9 Å². The van der Waals surface area contributed by atoms with Gasteiger partial charge in [0.1, 0.15) is 5.75 Å². The van der Waals surface area contributed by atoms with Crippen molar-refractivity contribution in [2.24, 2.45) is 10.7 Å². The first-order valence-corrected chi connectivity index (χ1v) is 8.24. The zero-order valence-electron chi connectivity index (χ0n) is 15.1. The van der Waals surface area contributed by atoms with Crippen LogP contribution in [0.1, 0.15) is 25.0 Å². The molecule has 0 fully saturated rings. The van der Waals surface area contributed by atoms with E-state index < -0.39 is 11.7 Å². The molecule has 0 aliphatic rings. The lowest BCUT2D eigenvalue weighted by atomic mass is 10.1. The van der Waals surface area contributed by atoms with Gasteiger partial charge in [0.2, 0.25) is 0 Å². The Labute approximate surface area is 174 Å². The zero-order chi connectivity index (χ0) is 19.2. The molecule has 0 saturated carbocycles. The second-order valence-electron chi connectivity index (χ2n) is 6.03. The monoisotopic (exact) mass is 493 g/mol. The molecule has 2 aromatic carbocycles. The van der Waals surface area contributed by atoms with Crippen molar-refractivity contribution in [2.75, 3.05) is 11.9 Å². The number of rotatable bonds is 6. The van der Waals surface area contributed by atoms with Crippen molar-refractivity contribution in [1.82, 2.24) is 0 Å². The number of hydrogen-bond donors (Lipinski definition) is 2. The van der Waals surface area contributed by atoms with E-state index in [0.29, 0.717) is 13.0 Å². The van der Waals surface area contributed by atoms with Gasteiger partial charge in [-0.3, -0.25) is 4.99 Å². The Bertz CT molecular complexity index is 729. The van der Waals surface area contributed by atoms with E-state index in [1.54, 1.807) is 0 Å². The summed E-state index contributed by atoms with van der Waals surface area (Å²) in [5.41, 5.74) is 6.72. The fraction of sp³-hybridized carbons (Fsp3) is 0.316. The molecular formula is C19H23F3IN3O. The topological polar surface area (TPSA) is 59.6 Å². The molecule has 0 aliphatic carbocycles. The maximum Gasteiger partial charge on any atom is 0.416 e. The number of alkyl halides is 3. The van der Waals surface area contributed by atoms with Crippen molar-refractivity contribution in [3.63, 3.8) is 0 Å². The molecule has 8 heteroatoms. The number of hydrogen-bond acceptors (Lipinski definition) is 2. The largest absolute Gasteiger partial charge is 0.491 e. The molecule has 0 aliphatic heterocycles. The second kappa shape index (κ2) is 10.4. The van der Waals surface area contributed by atoms with Gasteiger partial charge in [-0.2, -0.15) is 13.2 Å². The third-order valence-corrected chi connectivity index (χ3v) is 3.46. The highest BCUT2D eigenvalue weighted by Crippen LogP contribution is 2.29. The molecule has 3 N–H and O–H groups in total. The summed E-state index contributed by atoms with van der Waals surface area (Å²) in [5, 5.41) is 2.96. The first-order chi connectivity index (χ1) is 12.2. The van der Waals surface area contributed by atoms with Gasteiger partial charge in [-0.1, -0.05) is 12.1 Å². The summed E-state index contributed by atoms with van der Waals surface area (Å²) in [4.78, 5) is 4.19. The van der Waals surface area contributed by atoms with Crippen LogP contribution in [-0.2, 0) is 12.6 Å². The Morgan fingerprint density at radius 1 is 1.07 bits per heavy atom. The van der Waals surface area contributed by atoms with Gasteiger partial charge in [-0.05, 0) is 62.2 Å². The lowest BCUT2D eigenvalue weighted by Crippen LogP contribution is -2.23. The maximum absolute atomic E-state index is 12.5. The van der Waals surface area contributed by atoms with Crippen molar-refractivity contribution >= 4 is 35.6 Å². The first kappa shape index (κ1) is 23.1. The number of ether oxygens (including phenoxy) is 1. The summed E-state index contributed by atoms with van der Waals surface area (Å²) in [7, 11) is 0. The Morgan fingerprint density at radius 3 is 2.19 bits per heavy atom. The van der Waals surface area contributed by atoms with Crippen LogP contribution in [0.3, 0.4) is 0 Å². The Morgan fingerprint density at radius 2 is 1.67 bits per heavy atom. The average Bonchev–Trinajstić information content (AvgIpc) is 2.56. The van der Waals surface area contributed by atoms with Crippen molar-refractivity contribution in [3.8, 4) is 5.75 Å². The van der Waals surface area contributed by atoms with Crippen LogP contribution in [0.2, 0.25) is 0 Å². The number of anilines is 1. The van der Waals surface area contributed by atoms with Crippen LogP contribution >= 0.6 is 24.0 Å². The molecule has 2 aromatic rings. The van der Waals surface area contributed by atoms with Crippen LogP contribution in [-0.4, -0.2) is 18.6 Å². The predicted molar refractivity (Wildman–Crippen MR) is 113 cm³/mol. The fourth-order valence-electron chi connectivity index (χ4n) is 2.24. The lowest BCUT2D eigenvalue weighted by molar-refractivity contribution is -0.137. The number of nitrogens with one attached hydrogen (secondary N) is 1. The van der Waals surface area contributed by atoms with E-state index in [1.165, 1.54) is 12.1 Å². The molecule has 0 saturated heterocycles. The second-order valence-corrected chi connectivity index (χ2v) is 6.03. The molecule has 4 nitrogen and oxygen atoms in total. The third-order valence-electron chi connectivity index (χ3n) is 3.46. The van der Waals surface area contributed by atoms with Gasteiger partial charge < -0.3 is 15.8 Å². The molecule has 0 radical (unpaired) electrons. The van der Waals surface area contributed by atoms with Gasteiger partial charge in [0.25, 0.3) is 0 Å². The van der Waals surface area contributed by atoms with Crippen LogP contribution < -0.4 is 15.8 Å². The Balaban J connectivity index is 0.00000364. The summed E-state index contributed by atoms with van der Waals surface area (Å²) >= 11 is 0. The molecule has 148 valence electrons. The Hall–Kier alpha value is -1.97. The summed E-state index contributed by atoms with van der Waals surface area (Å²) in [6.07, 6.45) is -3.71. The van der Waals surface area contributed by atoms with Crippen molar-refractivity contribution in [1.29, 1.82) is 0 Å². The normalized spacial score (nSPS) is 11.9. The minimum Gasteiger partial charge on any atom is -0.491 e. The van der Waals surface area contributed by atoms with Crippen LogP contribution in [0.5, 0.6) is 5.75 Å². The van der Waals surface area contributed by atoms with E-state index >= 15 is 0 Å². The molecule has 2 rings (SSSR count). The molecular weight excluding hydrogens is 470 g/mol. The van der Waals surface area contributed by atoms with Gasteiger partial charge in [0, 0.05) is 12.2 Å². The number of halogens is 4. The molecule has 27 heavy (non-hydrogen) atoms. The van der Waals surface area contributed by atoms with E-state index in [2.05, 4.69) is 10.3 Å². The zero-order valence-corrected chi connectivity index (χ0v) is 17.4. The maximum atomic E-state index is 12.5. The highest BCUT2D eigenvalue weighted by Gasteiger charge is 2.29. The first-order valence-electron chi connectivity index (χ1n) is 8.24. The molecule has 0 aromatic heterocycles. The minimum absolute atomic E-state index is 0. The van der Waals surface area contributed by atoms with Gasteiger partial charge in [-0.25, -0.2) is 0 Å². The van der Waals surface area contributed by atoms with Crippen LogP contribution in [0, 0.1) is 0 Å². The molecule has 0 bridgehead atoms. The minimum atomic E-state index is -4.32. The summed E-state index contributed by atoms with van der Waals surface area (Å²) < 4.78 is 43.1. The number of nitrogens with two attached hydrogens (primary N) is 1. The lowest BCUT2D eigenvalue weighted by Gasteiger charge is -2.11. The van der Waals surface area contributed by atoms with E-state index in [-0.39, 0.29) is 36.0 Å². The van der Waals surface area contributed by atoms with Crippen LogP contribution in [0.15, 0.2) is 53.5 Å². The van der Waals surface area contributed by atoms with Gasteiger partial charge >= 0.3 is 6.18 Å². The number of aliphatic imine (C=N–C) groups is 1. The number of benzene rings is 2. The van der Waals surface area contributed by atoms with Crippen molar-refractivity contribution in [3.05, 3.63) is 59.7 Å². The average molecular weight is 493 g/mol. The highest BCUT2D eigenvalue weighted by molar-refractivity contribution is 14.0. The summed E-state index contributed by atoms with van der Waals surface area (Å²) in [5.74, 6) is 1.01. The molecule has 0 heterocycles. The highest BCUT2D eigenvalue weighted by atomic mass is 127. The van der Waals surface area contributed by atoms with E-state index in [1.807, 2.05) is 38.1 Å². The molecule has 0 amide bonds. The predicted octanol–water partition coefficient (Wildman–Crippen LogP) is 5.08. The van der Waals surface area contributed by atoms with Crippen molar-refractivity contribution < 1.29 is 17.9 Å². The number of guanidine groups is 1.